The molecule has 0 radical (unpaired) electrons. The van der Waals surface area contributed by atoms with Crippen LogP contribution in [0.1, 0.15) is 0 Å². The van der Waals surface area contributed by atoms with Gasteiger partial charge in [0.05, 0.1) is 6.61 Å². The zero-order chi connectivity index (χ0) is 15.6. The largest absolute Gasteiger partial charge is 0.394 e. The second kappa shape index (κ2) is 6.73. The minimum atomic E-state index is -1.49. The lowest BCUT2D eigenvalue weighted by molar-refractivity contribution is -0.221. The Balaban J connectivity index is 2.18. The normalized spacial score (nSPS) is 32.9. The number of hydrogen-bond acceptors (Lipinski definition) is 9. The van der Waals surface area contributed by atoms with Crippen LogP contribution in [0.15, 0.2) is 16.0 Å². The molecule has 1 aliphatic heterocycles. The first kappa shape index (κ1) is 16.2. The smallest absolute Gasteiger partial charge is 0.253 e. The van der Waals surface area contributed by atoms with E-state index in [0.717, 1.165) is 0 Å². The molecule has 21 heavy (non-hydrogen) atoms. The van der Waals surface area contributed by atoms with E-state index in [1.807, 2.05) is 0 Å². The molecular weight excluding hydrogens is 302 g/mol. The molecule has 0 unspecified atom stereocenters. The van der Waals surface area contributed by atoms with Crippen LogP contribution in [-0.4, -0.2) is 73.9 Å². The van der Waals surface area contributed by atoms with E-state index < -0.39 is 37.3 Å². The van der Waals surface area contributed by atoms with Gasteiger partial charge in [0.25, 0.3) is 5.56 Å². The summed E-state index contributed by atoms with van der Waals surface area (Å²) in [5.41, 5.74) is -0.388. The molecule has 0 aliphatic carbocycles. The summed E-state index contributed by atoms with van der Waals surface area (Å²) >= 11 is 1.23. The molecule has 2 rings (SSSR count). The summed E-state index contributed by atoms with van der Waals surface area (Å²) in [6.07, 6.45) is -4.78. The predicted octanol–water partition coefficient (Wildman–Crippen LogP) is -2.30. The van der Waals surface area contributed by atoms with Gasteiger partial charge >= 0.3 is 0 Å². The van der Waals surface area contributed by atoms with Crippen molar-refractivity contribution in [1.82, 2.24) is 9.97 Å². The Morgan fingerprint density at radius 3 is 2.71 bits per heavy atom. The SMILES string of the molecule is CSc1nc(N[C@H]2O[C@@H](CO)[C@@H](O)[C@@H](O)[C@@H]2O)cc(=O)[nH]1. The van der Waals surface area contributed by atoms with Gasteiger partial charge in [0.15, 0.2) is 11.4 Å². The fourth-order valence-corrected chi connectivity index (χ4v) is 2.36. The number of rotatable bonds is 4. The first-order valence-electron chi connectivity index (χ1n) is 6.18. The Hall–Kier alpha value is -1.17. The van der Waals surface area contributed by atoms with Crippen molar-refractivity contribution in [2.75, 3.05) is 18.2 Å². The number of anilines is 1. The van der Waals surface area contributed by atoms with E-state index in [-0.39, 0.29) is 11.4 Å². The Labute approximate surface area is 124 Å². The second-order valence-electron chi connectivity index (χ2n) is 4.53. The molecule has 1 saturated heterocycles. The summed E-state index contributed by atoms with van der Waals surface area (Å²) < 4.78 is 5.27. The van der Waals surface area contributed by atoms with Crippen molar-refractivity contribution < 1.29 is 25.2 Å². The lowest BCUT2D eigenvalue weighted by Gasteiger charge is -2.40. The van der Waals surface area contributed by atoms with Crippen molar-refractivity contribution in [1.29, 1.82) is 0 Å². The van der Waals surface area contributed by atoms with E-state index in [1.165, 1.54) is 17.8 Å². The molecule has 1 aliphatic rings. The molecule has 118 valence electrons. The number of thioether (sulfide) groups is 1. The zero-order valence-corrected chi connectivity index (χ0v) is 11.9. The van der Waals surface area contributed by atoms with Crippen LogP contribution in [0.4, 0.5) is 5.82 Å². The van der Waals surface area contributed by atoms with Crippen molar-refractivity contribution in [2.45, 2.75) is 35.8 Å². The molecule has 6 N–H and O–H groups in total. The average Bonchev–Trinajstić information content (AvgIpc) is 2.47. The van der Waals surface area contributed by atoms with Gasteiger partial charge < -0.3 is 35.5 Å². The third kappa shape index (κ3) is 3.54. The predicted molar refractivity (Wildman–Crippen MR) is 74.0 cm³/mol. The minimum absolute atomic E-state index is 0.146. The fourth-order valence-electron chi connectivity index (χ4n) is 1.97. The Kier molecular flexibility index (Phi) is 5.19. The highest BCUT2D eigenvalue weighted by atomic mass is 32.2. The summed E-state index contributed by atoms with van der Waals surface area (Å²) in [7, 11) is 0. The van der Waals surface area contributed by atoms with Crippen LogP contribution in [0.25, 0.3) is 0 Å². The van der Waals surface area contributed by atoms with Crippen molar-refractivity contribution in [3.8, 4) is 0 Å². The molecule has 0 spiro atoms. The van der Waals surface area contributed by atoms with Gasteiger partial charge in [0.1, 0.15) is 30.2 Å². The first-order chi connectivity index (χ1) is 9.96. The molecule has 0 saturated carbocycles. The van der Waals surface area contributed by atoms with Gasteiger partial charge in [0.2, 0.25) is 0 Å². The molecule has 1 aromatic heterocycles. The fraction of sp³-hybridized carbons (Fsp3) is 0.636. The molecule has 1 aromatic rings. The van der Waals surface area contributed by atoms with E-state index in [9.17, 15) is 20.1 Å². The van der Waals surface area contributed by atoms with Crippen molar-refractivity contribution in [2.24, 2.45) is 0 Å². The van der Waals surface area contributed by atoms with Crippen molar-refractivity contribution in [3.63, 3.8) is 0 Å². The summed E-state index contributed by atoms with van der Waals surface area (Å²) in [6, 6.07) is 1.17. The van der Waals surface area contributed by atoms with Gasteiger partial charge in [-0.15, -0.1) is 0 Å². The summed E-state index contributed by atoms with van der Waals surface area (Å²) in [6.45, 7) is -0.526. The second-order valence-corrected chi connectivity index (χ2v) is 5.33. The van der Waals surface area contributed by atoms with E-state index in [4.69, 9.17) is 9.84 Å². The molecule has 0 aromatic carbocycles. The van der Waals surface area contributed by atoms with E-state index in [0.29, 0.717) is 5.16 Å². The van der Waals surface area contributed by atoms with Crippen LogP contribution in [0.2, 0.25) is 0 Å². The molecule has 9 nitrogen and oxygen atoms in total. The maximum absolute atomic E-state index is 11.4. The molecule has 2 heterocycles. The molecule has 5 atom stereocenters. The van der Waals surface area contributed by atoms with Crippen LogP contribution < -0.4 is 10.9 Å². The van der Waals surface area contributed by atoms with Crippen LogP contribution in [0.5, 0.6) is 0 Å². The number of H-pyrrole nitrogens is 1. The maximum Gasteiger partial charge on any atom is 0.253 e. The Morgan fingerprint density at radius 1 is 1.38 bits per heavy atom. The van der Waals surface area contributed by atoms with Gasteiger partial charge in [-0.05, 0) is 6.26 Å². The summed E-state index contributed by atoms with van der Waals surface area (Å²) in [4.78, 5) is 18.0. The van der Waals surface area contributed by atoms with E-state index in [1.54, 1.807) is 6.26 Å². The third-order valence-electron chi connectivity index (χ3n) is 3.10. The number of aliphatic hydroxyl groups excluding tert-OH is 4. The van der Waals surface area contributed by atoms with Gasteiger partial charge in [-0.2, -0.15) is 0 Å². The number of aliphatic hydroxyl groups is 4. The molecular formula is C11H17N3O6S. The van der Waals surface area contributed by atoms with Gasteiger partial charge in [0, 0.05) is 6.07 Å². The van der Waals surface area contributed by atoms with Crippen molar-refractivity contribution >= 4 is 17.6 Å². The Bertz CT molecular complexity index is 539. The monoisotopic (exact) mass is 319 g/mol. The van der Waals surface area contributed by atoms with Crippen LogP contribution >= 0.6 is 11.8 Å². The highest BCUT2D eigenvalue weighted by Crippen LogP contribution is 2.22. The van der Waals surface area contributed by atoms with Gasteiger partial charge in [-0.1, -0.05) is 11.8 Å². The number of aromatic amines is 1. The molecule has 10 heteroatoms. The average molecular weight is 319 g/mol. The minimum Gasteiger partial charge on any atom is -0.394 e. The number of aromatic nitrogens is 2. The Morgan fingerprint density at radius 2 is 2.10 bits per heavy atom. The topological polar surface area (TPSA) is 148 Å². The summed E-state index contributed by atoms with van der Waals surface area (Å²) in [5, 5.41) is 41.4. The lowest BCUT2D eigenvalue weighted by atomic mass is 9.98. The number of ether oxygens (including phenoxy) is 1. The lowest BCUT2D eigenvalue weighted by Crippen LogP contribution is -2.60. The van der Waals surface area contributed by atoms with Gasteiger partial charge in [-0.25, -0.2) is 4.98 Å². The number of hydrogen-bond donors (Lipinski definition) is 6. The van der Waals surface area contributed by atoms with Gasteiger partial charge in [-0.3, -0.25) is 4.79 Å². The highest BCUT2D eigenvalue weighted by Gasteiger charge is 2.43. The third-order valence-corrected chi connectivity index (χ3v) is 3.68. The standard InChI is InChI=1S/C11H17N3O6S/c1-21-11-13-5(2-6(16)14-11)12-10-9(19)8(18)7(17)4(3-15)20-10/h2,4,7-10,15,17-19H,3H2,1H3,(H2,12,13,14,16)/t4-,7+,8+,9-,10-/m0/s1. The van der Waals surface area contributed by atoms with E-state index >= 15 is 0 Å². The first-order valence-corrected chi connectivity index (χ1v) is 7.41. The maximum atomic E-state index is 11.4. The highest BCUT2D eigenvalue weighted by molar-refractivity contribution is 7.98. The quantitative estimate of drug-likeness (QED) is 0.266. The number of nitrogens with zero attached hydrogens (tertiary/aromatic N) is 1. The van der Waals surface area contributed by atoms with Crippen LogP contribution in [0.3, 0.4) is 0 Å². The van der Waals surface area contributed by atoms with Crippen LogP contribution in [-0.2, 0) is 4.74 Å². The number of nitrogens with one attached hydrogen (secondary N) is 2. The molecule has 0 amide bonds. The summed E-state index contributed by atoms with van der Waals surface area (Å²) in [5.74, 6) is 0.146. The van der Waals surface area contributed by atoms with Crippen LogP contribution in [0, 0.1) is 0 Å². The molecule has 1 fully saturated rings. The molecule has 0 bridgehead atoms. The van der Waals surface area contributed by atoms with E-state index in [2.05, 4.69) is 15.3 Å². The zero-order valence-electron chi connectivity index (χ0n) is 11.1. The van der Waals surface area contributed by atoms with Crippen molar-refractivity contribution in [3.05, 3.63) is 16.4 Å².